The van der Waals surface area contributed by atoms with Crippen LogP contribution < -0.4 is 5.73 Å². The number of rotatable bonds is 2. The normalized spacial score (nSPS) is 19.7. The number of hydrogen-bond donors (Lipinski definition) is 1. The summed E-state index contributed by atoms with van der Waals surface area (Å²) in [6.45, 7) is 5.32. The lowest BCUT2D eigenvalue weighted by Gasteiger charge is -2.42. The van der Waals surface area contributed by atoms with Crippen LogP contribution in [-0.4, -0.2) is 29.9 Å². The Morgan fingerprint density at radius 1 is 1.29 bits per heavy atom. The number of amides is 1. The summed E-state index contributed by atoms with van der Waals surface area (Å²) in [6, 6.07) is 9.67. The van der Waals surface area contributed by atoms with Gasteiger partial charge in [-0.05, 0) is 36.1 Å². The van der Waals surface area contributed by atoms with Crippen LogP contribution in [0.5, 0.6) is 0 Å². The van der Waals surface area contributed by atoms with Crippen LogP contribution in [0.15, 0.2) is 40.8 Å². The molecule has 1 unspecified atom stereocenters. The van der Waals surface area contributed by atoms with E-state index in [1.54, 1.807) is 35.2 Å². The quantitative estimate of drug-likeness (QED) is 0.896. The topological polar surface area (TPSA) is 59.5 Å². The molecule has 2 aromatic rings. The van der Waals surface area contributed by atoms with Gasteiger partial charge in [0.05, 0.1) is 5.56 Å². The van der Waals surface area contributed by atoms with Crippen LogP contribution in [0.2, 0.25) is 0 Å². The molecule has 1 amide bonds. The third-order valence-corrected chi connectivity index (χ3v) is 4.56. The van der Waals surface area contributed by atoms with Gasteiger partial charge in [-0.2, -0.15) is 0 Å². The number of nitrogens with zero attached hydrogens (tertiary/aromatic N) is 1. The molecule has 0 aliphatic carbocycles. The maximum absolute atomic E-state index is 13.8. The molecule has 1 aromatic carbocycles. The second-order valence-electron chi connectivity index (χ2n) is 6.75. The number of benzene rings is 1. The number of piperidine rings is 1. The van der Waals surface area contributed by atoms with Gasteiger partial charge in [-0.15, -0.1) is 12.4 Å². The second kappa shape index (κ2) is 6.95. The molecule has 6 heteroatoms. The van der Waals surface area contributed by atoms with Crippen molar-refractivity contribution in [1.82, 2.24) is 4.90 Å². The minimum atomic E-state index is -0.370. The summed E-state index contributed by atoms with van der Waals surface area (Å²) < 4.78 is 19.4. The monoisotopic (exact) mass is 352 g/mol. The fourth-order valence-corrected chi connectivity index (χ4v) is 2.96. The van der Waals surface area contributed by atoms with Gasteiger partial charge in [-0.3, -0.25) is 4.79 Å². The molecule has 0 spiro atoms. The SMILES string of the molecule is CC1(C)CN(C(=O)c2ccc(-c3ccccc3F)o2)CCC1N.Cl. The van der Waals surface area contributed by atoms with E-state index in [0.717, 1.165) is 6.42 Å². The standard InChI is InChI=1S/C18H21FN2O2.ClH/c1-18(2)11-21(10-9-16(18)20)17(22)15-8-7-14(23-15)12-5-3-4-6-13(12)19;/h3-8,16H,9-11,20H2,1-2H3;1H. The van der Waals surface area contributed by atoms with Gasteiger partial charge in [0.2, 0.25) is 0 Å². The summed E-state index contributed by atoms with van der Waals surface area (Å²) in [5, 5.41) is 0. The molecular formula is C18H22ClFN2O2. The zero-order valence-corrected chi connectivity index (χ0v) is 14.6. The lowest BCUT2D eigenvalue weighted by Crippen LogP contribution is -2.53. The lowest BCUT2D eigenvalue weighted by atomic mass is 9.79. The molecule has 2 heterocycles. The fraction of sp³-hybridized carbons (Fsp3) is 0.389. The highest BCUT2D eigenvalue weighted by Crippen LogP contribution is 2.30. The van der Waals surface area contributed by atoms with Crippen molar-refractivity contribution in [3.63, 3.8) is 0 Å². The predicted octanol–water partition coefficient (Wildman–Crippen LogP) is 3.71. The van der Waals surface area contributed by atoms with Crippen molar-refractivity contribution in [2.24, 2.45) is 11.1 Å². The Hall–Kier alpha value is -1.85. The summed E-state index contributed by atoms with van der Waals surface area (Å²) in [5.74, 6) is 0.0486. The number of carbonyl (C=O) groups is 1. The highest BCUT2D eigenvalue weighted by molar-refractivity contribution is 5.92. The van der Waals surface area contributed by atoms with E-state index in [1.807, 2.05) is 0 Å². The molecular weight excluding hydrogens is 331 g/mol. The predicted molar refractivity (Wildman–Crippen MR) is 93.6 cm³/mol. The number of nitrogens with two attached hydrogens (primary N) is 1. The molecule has 1 aromatic heterocycles. The first-order valence-corrected chi connectivity index (χ1v) is 7.78. The van der Waals surface area contributed by atoms with Crippen molar-refractivity contribution < 1.29 is 13.6 Å². The molecule has 1 aliphatic heterocycles. The Bertz CT molecular complexity index is 729. The first kappa shape index (κ1) is 18.5. The maximum Gasteiger partial charge on any atom is 0.289 e. The number of likely N-dealkylation sites (tertiary alicyclic amines) is 1. The third kappa shape index (κ3) is 3.47. The van der Waals surface area contributed by atoms with E-state index < -0.39 is 0 Å². The highest BCUT2D eigenvalue weighted by atomic mass is 35.5. The Balaban J connectivity index is 0.00000208. The van der Waals surface area contributed by atoms with Crippen molar-refractivity contribution in [2.45, 2.75) is 26.3 Å². The number of hydrogen-bond acceptors (Lipinski definition) is 3. The van der Waals surface area contributed by atoms with Crippen LogP contribution in [0.4, 0.5) is 4.39 Å². The Kier molecular flexibility index (Phi) is 5.35. The molecule has 0 radical (unpaired) electrons. The van der Waals surface area contributed by atoms with Crippen LogP contribution in [0.25, 0.3) is 11.3 Å². The zero-order chi connectivity index (χ0) is 16.6. The van der Waals surface area contributed by atoms with E-state index in [0.29, 0.717) is 24.4 Å². The number of halogens is 2. The van der Waals surface area contributed by atoms with E-state index in [-0.39, 0.29) is 41.3 Å². The van der Waals surface area contributed by atoms with Crippen LogP contribution in [0.3, 0.4) is 0 Å². The molecule has 1 atom stereocenters. The smallest absolute Gasteiger partial charge is 0.289 e. The molecule has 2 N–H and O–H groups in total. The Morgan fingerprint density at radius 3 is 2.67 bits per heavy atom. The zero-order valence-electron chi connectivity index (χ0n) is 13.8. The van der Waals surface area contributed by atoms with Crippen LogP contribution in [0.1, 0.15) is 30.8 Å². The van der Waals surface area contributed by atoms with E-state index in [2.05, 4.69) is 13.8 Å². The summed E-state index contributed by atoms with van der Waals surface area (Å²) in [4.78, 5) is 14.4. The van der Waals surface area contributed by atoms with Gasteiger partial charge in [0, 0.05) is 19.1 Å². The Morgan fingerprint density at radius 2 is 2.00 bits per heavy atom. The van der Waals surface area contributed by atoms with Crippen molar-refractivity contribution in [2.75, 3.05) is 13.1 Å². The van der Waals surface area contributed by atoms with Crippen molar-refractivity contribution in [1.29, 1.82) is 0 Å². The summed E-state index contributed by atoms with van der Waals surface area (Å²) >= 11 is 0. The van der Waals surface area contributed by atoms with E-state index in [4.69, 9.17) is 10.2 Å². The molecule has 1 fully saturated rings. The summed E-state index contributed by atoms with van der Waals surface area (Å²) in [6.07, 6.45) is 0.764. The minimum Gasteiger partial charge on any atom is -0.451 e. The van der Waals surface area contributed by atoms with Gasteiger partial charge < -0.3 is 15.1 Å². The van der Waals surface area contributed by atoms with Crippen LogP contribution >= 0.6 is 12.4 Å². The van der Waals surface area contributed by atoms with Gasteiger partial charge >= 0.3 is 0 Å². The van der Waals surface area contributed by atoms with Gasteiger partial charge in [0.1, 0.15) is 11.6 Å². The fourth-order valence-electron chi connectivity index (χ4n) is 2.96. The van der Waals surface area contributed by atoms with E-state index in [1.165, 1.54) is 6.07 Å². The summed E-state index contributed by atoms with van der Waals surface area (Å²) in [5.41, 5.74) is 6.33. The van der Waals surface area contributed by atoms with Crippen molar-refractivity contribution in [3.05, 3.63) is 48.0 Å². The van der Waals surface area contributed by atoms with Gasteiger partial charge in [0.15, 0.2) is 5.76 Å². The van der Waals surface area contributed by atoms with Gasteiger partial charge in [-0.25, -0.2) is 4.39 Å². The average molecular weight is 353 g/mol. The Labute approximate surface area is 147 Å². The molecule has 0 saturated carbocycles. The number of carbonyl (C=O) groups excluding carboxylic acids is 1. The maximum atomic E-state index is 13.8. The molecule has 4 nitrogen and oxygen atoms in total. The van der Waals surface area contributed by atoms with Crippen LogP contribution in [0, 0.1) is 11.2 Å². The molecule has 0 bridgehead atoms. The second-order valence-corrected chi connectivity index (χ2v) is 6.75. The molecule has 3 rings (SSSR count). The summed E-state index contributed by atoms with van der Waals surface area (Å²) in [7, 11) is 0. The first-order chi connectivity index (χ1) is 10.9. The van der Waals surface area contributed by atoms with Crippen molar-refractivity contribution in [3.8, 4) is 11.3 Å². The largest absolute Gasteiger partial charge is 0.451 e. The highest BCUT2D eigenvalue weighted by Gasteiger charge is 2.36. The minimum absolute atomic E-state index is 0. The molecule has 24 heavy (non-hydrogen) atoms. The van der Waals surface area contributed by atoms with Gasteiger partial charge in [-0.1, -0.05) is 26.0 Å². The van der Waals surface area contributed by atoms with Gasteiger partial charge in [0.25, 0.3) is 5.91 Å². The lowest BCUT2D eigenvalue weighted by molar-refractivity contribution is 0.0504. The first-order valence-electron chi connectivity index (χ1n) is 7.78. The van der Waals surface area contributed by atoms with E-state index >= 15 is 0 Å². The average Bonchev–Trinajstić information content (AvgIpc) is 2.99. The van der Waals surface area contributed by atoms with Crippen LogP contribution in [-0.2, 0) is 0 Å². The van der Waals surface area contributed by atoms with Crippen molar-refractivity contribution >= 4 is 18.3 Å². The molecule has 1 saturated heterocycles. The molecule has 1 aliphatic rings. The van der Waals surface area contributed by atoms with E-state index in [9.17, 15) is 9.18 Å². The third-order valence-electron chi connectivity index (χ3n) is 4.56. The molecule has 130 valence electrons. The number of furan rings is 1.